The molecular weight excluding hydrogens is 162 g/mol. The molecule has 70 valence electrons. The first-order chi connectivity index (χ1) is 6.40. The molecule has 1 fully saturated rings. The summed E-state index contributed by atoms with van der Waals surface area (Å²) in [6.07, 6.45) is 7.26. The third-order valence-corrected chi connectivity index (χ3v) is 2.46. The Bertz CT molecular complexity index is 279. The fraction of sp³-hybridized carbons (Fsp3) is 0.600. The van der Waals surface area contributed by atoms with Crippen LogP contribution in [-0.4, -0.2) is 23.1 Å². The molecular formula is C10H15N3. The normalized spacial score (nSPS) is 16.5. The first-order valence-corrected chi connectivity index (χ1v) is 4.96. The van der Waals surface area contributed by atoms with Crippen LogP contribution >= 0.6 is 0 Å². The molecule has 0 amide bonds. The predicted octanol–water partition coefficient (Wildman–Crippen LogP) is 1.64. The molecule has 3 nitrogen and oxygen atoms in total. The van der Waals surface area contributed by atoms with Crippen LogP contribution in [0.5, 0.6) is 0 Å². The molecule has 1 aromatic rings. The first kappa shape index (κ1) is 8.48. The van der Waals surface area contributed by atoms with Gasteiger partial charge in [0.1, 0.15) is 5.82 Å². The number of hydrogen-bond acceptors (Lipinski definition) is 3. The molecule has 1 aromatic heterocycles. The van der Waals surface area contributed by atoms with Gasteiger partial charge in [-0.05, 0) is 19.3 Å². The van der Waals surface area contributed by atoms with E-state index in [0.717, 1.165) is 31.0 Å². The van der Waals surface area contributed by atoms with E-state index in [9.17, 15) is 0 Å². The molecule has 13 heavy (non-hydrogen) atoms. The summed E-state index contributed by atoms with van der Waals surface area (Å²) in [7, 11) is 0. The van der Waals surface area contributed by atoms with E-state index in [0.29, 0.717) is 0 Å². The fourth-order valence-corrected chi connectivity index (χ4v) is 1.66. The number of anilines is 1. The third kappa shape index (κ3) is 1.79. The highest BCUT2D eigenvalue weighted by Crippen LogP contribution is 2.16. The van der Waals surface area contributed by atoms with Gasteiger partial charge in [-0.25, -0.2) is 4.98 Å². The van der Waals surface area contributed by atoms with Gasteiger partial charge < -0.3 is 4.90 Å². The second kappa shape index (κ2) is 3.73. The molecule has 0 radical (unpaired) electrons. The molecule has 0 N–H and O–H groups in total. The Kier molecular flexibility index (Phi) is 2.43. The maximum absolute atomic E-state index is 4.54. The first-order valence-electron chi connectivity index (χ1n) is 4.96. The van der Waals surface area contributed by atoms with Crippen molar-refractivity contribution in [2.24, 2.45) is 0 Å². The van der Waals surface area contributed by atoms with Gasteiger partial charge in [0.05, 0.1) is 11.9 Å². The highest BCUT2D eigenvalue weighted by Gasteiger charge is 2.13. The van der Waals surface area contributed by atoms with Crippen molar-refractivity contribution in [1.29, 1.82) is 0 Å². The Morgan fingerprint density at radius 1 is 1.31 bits per heavy atom. The van der Waals surface area contributed by atoms with E-state index >= 15 is 0 Å². The van der Waals surface area contributed by atoms with Crippen LogP contribution in [0.1, 0.15) is 25.5 Å². The van der Waals surface area contributed by atoms with Gasteiger partial charge in [-0.3, -0.25) is 4.98 Å². The average molecular weight is 177 g/mol. The maximum atomic E-state index is 4.54. The number of hydrogen-bond donors (Lipinski definition) is 0. The molecule has 1 saturated heterocycles. The van der Waals surface area contributed by atoms with Crippen molar-refractivity contribution in [1.82, 2.24) is 9.97 Å². The summed E-state index contributed by atoms with van der Waals surface area (Å²) in [5.41, 5.74) is 1.09. The van der Waals surface area contributed by atoms with Gasteiger partial charge in [-0.15, -0.1) is 0 Å². The maximum Gasteiger partial charge on any atom is 0.147 e. The van der Waals surface area contributed by atoms with E-state index in [-0.39, 0.29) is 0 Å². The minimum absolute atomic E-state index is 0.967. The molecule has 0 atom stereocenters. The van der Waals surface area contributed by atoms with Crippen molar-refractivity contribution in [3.63, 3.8) is 0 Å². The smallest absolute Gasteiger partial charge is 0.147 e. The quantitative estimate of drug-likeness (QED) is 0.687. The lowest BCUT2D eigenvalue weighted by Crippen LogP contribution is -2.19. The Morgan fingerprint density at radius 2 is 2.08 bits per heavy atom. The number of rotatable bonds is 2. The lowest BCUT2D eigenvalue weighted by Gasteiger charge is -2.15. The number of aryl methyl sites for hydroxylation is 1. The van der Waals surface area contributed by atoms with E-state index in [4.69, 9.17) is 0 Å². The van der Waals surface area contributed by atoms with Gasteiger partial charge in [0.25, 0.3) is 0 Å². The van der Waals surface area contributed by atoms with Crippen LogP contribution in [0.2, 0.25) is 0 Å². The molecule has 1 aliphatic heterocycles. The van der Waals surface area contributed by atoms with Crippen molar-refractivity contribution in [3.05, 3.63) is 18.1 Å². The summed E-state index contributed by atoms with van der Waals surface area (Å²) in [6.45, 7) is 4.39. The van der Waals surface area contributed by atoms with E-state index < -0.39 is 0 Å². The summed E-state index contributed by atoms with van der Waals surface area (Å²) >= 11 is 0. The number of aromatic nitrogens is 2. The van der Waals surface area contributed by atoms with Gasteiger partial charge in [0, 0.05) is 19.3 Å². The van der Waals surface area contributed by atoms with Crippen LogP contribution in [0.3, 0.4) is 0 Å². The molecule has 0 aliphatic carbocycles. The van der Waals surface area contributed by atoms with E-state index in [1.165, 1.54) is 12.8 Å². The SMILES string of the molecule is CCc1cncc(N2CCCC2)n1. The van der Waals surface area contributed by atoms with Crippen LogP contribution in [0.15, 0.2) is 12.4 Å². The molecule has 0 unspecified atom stereocenters. The predicted molar refractivity (Wildman–Crippen MR) is 52.9 cm³/mol. The molecule has 0 saturated carbocycles. The fourth-order valence-electron chi connectivity index (χ4n) is 1.66. The van der Waals surface area contributed by atoms with Crippen molar-refractivity contribution >= 4 is 5.82 Å². The van der Waals surface area contributed by atoms with Crippen molar-refractivity contribution in [2.75, 3.05) is 18.0 Å². The summed E-state index contributed by atoms with van der Waals surface area (Å²) in [4.78, 5) is 11.0. The molecule has 2 heterocycles. The standard InChI is InChI=1S/C10H15N3/c1-2-9-7-11-8-10(12-9)13-5-3-4-6-13/h7-8H,2-6H2,1H3. The van der Waals surface area contributed by atoms with Gasteiger partial charge in [0.15, 0.2) is 0 Å². The second-order valence-electron chi connectivity index (χ2n) is 3.42. The molecule has 3 heteroatoms. The topological polar surface area (TPSA) is 29.0 Å². The van der Waals surface area contributed by atoms with Crippen molar-refractivity contribution in [2.45, 2.75) is 26.2 Å². The molecule has 0 bridgehead atoms. The summed E-state index contributed by atoms with van der Waals surface area (Å²) in [5.74, 6) is 1.05. The monoisotopic (exact) mass is 177 g/mol. The Labute approximate surface area is 78.8 Å². The Balaban J connectivity index is 2.18. The van der Waals surface area contributed by atoms with Crippen LogP contribution in [0, 0.1) is 0 Å². The molecule has 0 aromatic carbocycles. The largest absolute Gasteiger partial charge is 0.355 e. The lowest BCUT2D eigenvalue weighted by molar-refractivity contribution is 0.897. The Morgan fingerprint density at radius 3 is 2.77 bits per heavy atom. The summed E-state index contributed by atoms with van der Waals surface area (Å²) in [6, 6.07) is 0. The van der Waals surface area contributed by atoms with E-state index in [1.54, 1.807) is 0 Å². The second-order valence-corrected chi connectivity index (χ2v) is 3.42. The third-order valence-electron chi connectivity index (χ3n) is 2.46. The van der Waals surface area contributed by atoms with Gasteiger partial charge in [-0.1, -0.05) is 6.92 Å². The minimum Gasteiger partial charge on any atom is -0.355 e. The van der Waals surface area contributed by atoms with E-state index in [2.05, 4.69) is 21.8 Å². The zero-order valence-corrected chi connectivity index (χ0v) is 8.03. The van der Waals surface area contributed by atoms with Gasteiger partial charge >= 0.3 is 0 Å². The summed E-state index contributed by atoms with van der Waals surface area (Å²) < 4.78 is 0. The minimum atomic E-state index is 0.967. The average Bonchev–Trinajstić information content (AvgIpc) is 2.71. The lowest BCUT2D eigenvalue weighted by atomic mass is 10.3. The van der Waals surface area contributed by atoms with Gasteiger partial charge in [0.2, 0.25) is 0 Å². The molecule has 0 spiro atoms. The molecule has 1 aliphatic rings. The highest BCUT2D eigenvalue weighted by molar-refractivity contribution is 5.37. The Hall–Kier alpha value is -1.12. The van der Waals surface area contributed by atoms with Crippen molar-refractivity contribution in [3.8, 4) is 0 Å². The van der Waals surface area contributed by atoms with Gasteiger partial charge in [-0.2, -0.15) is 0 Å². The van der Waals surface area contributed by atoms with Crippen LogP contribution < -0.4 is 4.90 Å². The van der Waals surface area contributed by atoms with Crippen LogP contribution in [0.4, 0.5) is 5.82 Å². The molecule has 2 rings (SSSR count). The zero-order valence-electron chi connectivity index (χ0n) is 8.03. The van der Waals surface area contributed by atoms with Crippen LogP contribution in [-0.2, 0) is 6.42 Å². The van der Waals surface area contributed by atoms with Crippen molar-refractivity contribution < 1.29 is 0 Å². The highest BCUT2D eigenvalue weighted by atomic mass is 15.2. The number of nitrogens with zero attached hydrogens (tertiary/aromatic N) is 3. The zero-order chi connectivity index (χ0) is 9.10. The van der Waals surface area contributed by atoms with E-state index in [1.807, 2.05) is 12.4 Å². The van der Waals surface area contributed by atoms with Crippen LogP contribution in [0.25, 0.3) is 0 Å². The summed E-state index contributed by atoms with van der Waals surface area (Å²) in [5, 5.41) is 0.